The SMILES string of the molecule is CSC1CCC(NC(=NCC(=O)N(C)C)NCC2CCCCC2)C1. The van der Waals surface area contributed by atoms with Gasteiger partial charge in [0.2, 0.25) is 5.91 Å². The zero-order valence-electron chi connectivity index (χ0n) is 15.5. The number of nitrogens with one attached hydrogen (secondary N) is 2. The van der Waals surface area contributed by atoms with Crippen LogP contribution < -0.4 is 10.6 Å². The van der Waals surface area contributed by atoms with Gasteiger partial charge in [-0.1, -0.05) is 19.3 Å². The zero-order valence-corrected chi connectivity index (χ0v) is 16.3. The van der Waals surface area contributed by atoms with Crippen LogP contribution in [0.25, 0.3) is 0 Å². The van der Waals surface area contributed by atoms with E-state index < -0.39 is 0 Å². The van der Waals surface area contributed by atoms with E-state index in [-0.39, 0.29) is 12.5 Å². The van der Waals surface area contributed by atoms with Gasteiger partial charge in [-0.25, -0.2) is 4.99 Å². The third kappa shape index (κ3) is 6.54. The highest BCUT2D eigenvalue weighted by Gasteiger charge is 2.25. The summed E-state index contributed by atoms with van der Waals surface area (Å²) in [7, 11) is 3.56. The maximum atomic E-state index is 11.8. The summed E-state index contributed by atoms with van der Waals surface area (Å²) in [5, 5.41) is 7.83. The molecule has 0 bridgehead atoms. The smallest absolute Gasteiger partial charge is 0.243 e. The van der Waals surface area contributed by atoms with Crippen LogP contribution in [0.1, 0.15) is 51.4 Å². The minimum Gasteiger partial charge on any atom is -0.356 e. The molecule has 0 aromatic heterocycles. The molecular formula is C18H34N4OS. The van der Waals surface area contributed by atoms with Crippen molar-refractivity contribution in [3.8, 4) is 0 Å². The van der Waals surface area contributed by atoms with Crippen molar-refractivity contribution in [1.82, 2.24) is 15.5 Å². The Balaban J connectivity index is 1.87. The van der Waals surface area contributed by atoms with E-state index in [2.05, 4.69) is 21.9 Å². The number of guanidine groups is 1. The minimum atomic E-state index is 0.0437. The summed E-state index contributed by atoms with van der Waals surface area (Å²) in [4.78, 5) is 18.0. The molecule has 24 heavy (non-hydrogen) atoms. The normalized spacial score (nSPS) is 25.5. The first-order valence-corrected chi connectivity index (χ1v) is 10.6. The Morgan fingerprint density at radius 3 is 2.54 bits per heavy atom. The molecule has 2 aliphatic rings. The molecule has 0 radical (unpaired) electrons. The second-order valence-corrected chi connectivity index (χ2v) is 8.49. The lowest BCUT2D eigenvalue weighted by Gasteiger charge is -2.24. The highest BCUT2D eigenvalue weighted by molar-refractivity contribution is 7.99. The number of carbonyl (C=O) groups is 1. The van der Waals surface area contributed by atoms with E-state index in [0.29, 0.717) is 6.04 Å². The number of rotatable bonds is 6. The van der Waals surface area contributed by atoms with Crippen molar-refractivity contribution in [2.75, 3.05) is 33.4 Å². The van der Waals surface area contributed by atoms with Crippen molar-refractivity contribution in [3.63, 3.8) is 0 Å². The molecule has 2 rings (SSSR count). The fraction of sp³-hybridized carbons (Fsp3) is 0.889. The molecule has 0 heterocycles. The second-order valence-electron chi connectivity index (χ2n) is 7.35. The molecule has 6 heteroatoms. The molecule has 138 valence electrons. The lowest BCUT2D eigenvalue weighted by molar-refractivity contribution is -0.127. The van der Waals surface area contributed by atoms with Crippen LogP contribution in [0.2, 0.25) is 0 Å². The average molecular weight is 355 g/mol. The van der Waals surface area contributed by atoms with E-state index in [4.69, 9.17) is 0 Å². The largest absolute Gasteiger partial charge is 0.356 e. The van der Waals surface area contributed by atoms with Gasteiger partial charge >= 0.3 is 0 Å². The van der Waals surface area contributed by atoms with E-state index in [1.165, 1.54) is 51.4 Å². The van der Waals surface area contributed by atoms with Crippen LogP contribution >= 0.6 is 11.8 Å². The second kappa shape index (κ2) is 10.2. The Bertz CT molecular complexity index is 421. The number of nitrogens with zero attached hydrogens (tertiary/aromatic N) is 2. The van der Waals surface area contributed by atoms with Crippen LogP contribution in [0, 0.1) is 5.92 Å². The van der Waals surface area contributed by atoms with Gasteiger partial charge in [0, 0.05) is 31.9 Å². The topological polar surface area (TPSA) is 56.7 Å². The fourth-order valence-electron chi connectivity index (χ4n) is 3.55. The lowest BCUT2D eigenvalue weighted by atomic mass is 9.89. The van der Waals surface area contributed by atoms with Crippen LogP contribution in [0.3, 0.4) is 0 Å². The lowest BCUT2D eigenvalue weighted by Crippen LogP contribution is -2.45. The Kier molecular flexibility index (Phi) is 8.22. The van der Waals surface area contributed by atoms with E-state index in [1.54, 1.807) is 19.0 Å². The van der Waals surface area contributed by atoms with Crippen molar-refractivity contribution in [2.45, 2.75) is 62.7 Å². The van der Waals surface area contributed by atoms with Crippen molar-refractivity contribution in [3.05, 3.63) is 0 Å². The molecule has 5 nitrogen and oxygen atoms in total. The molecule has 0 aliphatic heterocycles. The van der Waals surface area contributed by atoms with Crippen molar-refractivity contribution in [2.24, 2.45) is 10.9 Å². The summed E-state index contributed by atoms with van der Waals surface area (Å²) in [6, 6.07) is 0.481. The summed E-state index contributed by atoms with van der Waals surface area (Å²) < 4.78 is 0. The molecule has 2 unspecified atom stereocenters. The van der Waals surface area contributed by atoms with E-state index >= 15 is 0 Å². The average Bonchev–Trinajstić information content (AvgIpc) is 3.05. The number of hydrogen-bond donors (Lipinski definition) is 2. The molecule has 0 saturated heterocycles. The van der Waals surface area contributed by atoms with Gasteiger partial charge in [-0.3, -0.25) is 4.79 Å². The monoisotopic (exact) mass is 354 g/mol. The quantitative estimate of drug-likeness (QED) is 0.568. The first-order chi connectivity index (χ1) is 11.6. The van der Waals surface area contributed by atoms with Gasteiger partial charge in [0.05, 0.1) is 0 Å². The van der Waals surface area contributed by atoms with E-state index in [0.717, 1.165) is 23.7 Å². The summed E-state index contributed by atoms with van der Waals surface area (Å²) in [5.41, 5.74) is 0. The summed E-state index contributed by atoms with van der Waals surface area (Å²) >= 11 is 1.96. The maximum absolute atomic E-state index is 11.8. The van der Waals surface area contributed by atoms with Crippen LogP contribution in [0.15, 0.2) is 4.99 Å². The Morgan fingerprint density at radius 1 is 1.17 bits per heavy atom. The van der Waals surface area contributed by atoms with Crippen LogP contribution in [-0.2, 0) is 4.79 Å². The van der Waals surface area contributed by atoms with Gasteiger partial charge in [0.15, 0.2) is 5.96 Å². The third-order valence-electron chi connectivity index (χ3n) is 5.21. The predicted octanol–water partition coefficient (Wildman–Crippen LogP) is 2.47. The van der Waals surface area contributed by atoms with Crippen molar-refractivity contribution >= 4 is 23.6 Å². The molecule has 2 N–H and O–H groups in total. The molecule has 2 fully saturated rings. The molecule has 0 aromatic carbocycles. The maximum Gasteiger partial charge on any atom is 0.243 e. The number of aliphatic imine (C=N–C) groups is 1. The Labute approximate surface area is 151 Å². The van der Waals surface area contributed by atoms with Gasteiger partial charge in [0.25, 0.3) is 0 Å². The molecule has 2 saturated carbocycles. The summed E-state index contributed by atoms with van der Waals surface area (Å²) in [5.74, 6) is 1.61. The Morgan fingerprint density at radius 2 is 1.92 bits per heavy atom. The first kappa shape index (κ1) is 19.4. The van der Waals surface area contributed by atoms with Gasteiger partial charge in [-0.05, 0) is 44.3 Å². The highest BCUT2D eigenvalue weighted by atomic mass is 32.2. The highest BCUT2D eigenvalue weighted by Crippen LogP contribution is 2.28. The molecule has 1 amide bonds. The molecule has 0 aromatic rings. The Hall–Kier alpha value is -0.910. The number of amides is 1. The van der Waals surface area contributed by atoms with E-state index in [1.807, 2.05) is 11.8 Å². The summed E-state index contributed by atoms with van der Waals surface area (Å²) in [6.07, 6.45) is 12.6. The number of thioether (sulfide) groups is 1. The molecule has 0 spiro atoms. The van der Waals surface area contributed by atoms with E-state index in [9.17, 15) is 4.79 Å². The standard InChI is InChI=1S/C18H34N4OS/c1-22(2)17(23)13-20-18(19-12-14-7-5-4-6-8-14)21-15-9-10-16(11-15)24-3/h14-16H,4-13H2,1-3H3,(H2,19,20,21). The third-order valence-corrected chi connectivity index (χ3v) is 6.31. The van der Waals surface area contributed by atoms with Crippen molar-refractivity contribution < 1.29 is 4.79 Å². The molecule has 2 aliphatic carbocycles. The summed E-state index contributed by atoms with van der Waals surface area (Å²) in [6.45, 7) is 1.19. The molecular weight excluding hydrogens is 320 g/mol. The fourth-order valence-corrected chi connectivity index (χ4v) is 4.35. The van der Waals surface area contributed by atoms with Gasteiger partial charge < -0.3 is 15.5 Å². The van der Waals surface area contributed by atoms with Crippen molar-refractivity contribution in [1.29, 1.82) is 0 Å². The number of likely N-dealkylation sites (N-methyl/N-ethyl adjacent to an activating group) is 1. The zero-order chi connectivity index (χ0) is 17.4. The van der Waals surface area contributed by atoms with Gasteiger partial charge in [-0.2, -0.15) is 11.8 Å². The number of hydrogen-bond acceptors (Lipinski definition) is 3. The predicted molar refractivity (Wildman–Crippen MR) is 104 cm³/mol. The van der Waals surface area contributed by atoms with Gasteiger partial charge in [0.1, 0.15) is 6.54 Å². The number of carbonyl (C=O) groups excluding carboxylic acids is 1. The van der Waals surface area contributed by atoms with Crippen LogP contribution in [0.5, 0.6) is 0 Å². The van der Waals surface area contributed by atoms with Gasteiger partial charge in [-0.15, -0.1) is 0 Å². The minimum absolute atomic E-state index is 0.0437. The van der Waals surface area contributed by atoms with Crippen LogP contribution in [-0.4, -0.2) is 61.5 Å². The first-order valence-electron chi connectivity index (χ1n) is 9.36. The van der Waals surface area contributed by atoms with Crippen LogP contribution in [0.4, 0.5) is 0 Å². The molecule has 2 atom stereocenters.